The lowest BCUT2D eigenvalue weighted by Gasteiger charge is -2.23. The van der Waals surface area contributed by atoms with Crippen LogP contribution in [0.4, 0.5) is 11.6 Å². The van der Waals surface area contributed by atoms with Crippen LogP contribution in [0.5, 0.6) is 0 Å². The number of benzene rings is 1. The SMILES string of the molecule is Cc1ccc(C)c(Nc2nc(C)cc(C(=O)N(C)C3CCS(=O)(=O)C3)n2)c1. The monoisotopic (exact) mass is 388 g/mol. The topological polar surface area (TPSA) is 92.3 Å². The van der Waals surface area contributed by atoms with Gasteiger partial charge in [0.2, 0.25) is 5.95 Å². The largest absolute Gasteiger partial charge is 0.336 e. The van der Waals surface area contributed by atoms with Gasteiger partial charge in [-0.3, -0.25) is 4.79 Å². The van der Waals surface area contributed by atoms with Crippen molar-refractivity contribution >= 4 is 27.4 Å². The lowest BCUT2D eigenvalue weighted by molar-refractivity contribution is 0.0741. The summed E-state index contributed by atoms with van der Waals surface area (Å²) in [6, 6.07) is 7.34. The number of aromatic nitrogens is 2. The van der Waals surface area contributed by atoms with Crippen LogP contribution in [0, 0.1) is 20.8 Å². The molecule has 0 spiro atoms. The van der Waals surface area contributed by atoms with E-state index in [9.17, 15) is 13.2 Å². The van der Waals surface area contributed by atoms with E-state index in [1.165, 1.54) is 4.90 Å². The Morgan fingerprint density at radius 1 is 1.19 bits per heavy atom. The van der Waals surface area contributed by atoms with Crippen LogP contribution in [-0.4, -0.2) is 53.8 Å². The van der Waals surface area contributed by atoms with Crippen molar-refractivity contribution in [3.8, 4) is 0 Å². The Morgan fingerprint density at radius 2 is 1.93 bits per heavy atom. The first-order valence-corrected chi connectivity index (χ1v) is 10.6. The summed E-state index contributed by atoms with van der Waals surface area (Å²) in [5, 5.41) is 3.18. The van der Waals surface area contributed by atoms with Crippen molar-refractivity contribution in [2.75, 3.05) is 23.9 Å². The van der Waals surface area contributed by atoms with Gasteiger partial charge in [0.15, 0.2) is 9.84 Å². The number of rotatable bonds is 4. The molecule has 27 heavy (non-hydrogen) atoms. The molecule has 2 heterocycles. The third-order valence-electron chi connectivity index (χ3n) is 4.79. The summed E-state index contributed by atoms with van der Waals surface area (Å²) in [6.07, 6.45) is 0.461. The van der Waals surface area contributed by atoms with Gasteiger partial charge in [0.25, 0.3) is 5.91 Å². The molecule has 1 N–H and O–H groups in total. The highest BCUT2D eigenvalue weighted by molar-refractivity contribution is 7.91. The average molecular weight is 388 g/mol. The van der Waals surface area contributed by atoms with Gasteiger partial charge in [-0.05, 0) is 50.5 Å². The zero-order valence-corrected chi connectivity index (χ0v) is 16.8. The van der Waals surface area contributed by atoms with Gasteiger partial charge < -0.3 is 10.2 Å². The Balaban J connectivity index is 1.84. The van der Waals surface area contributed by atoms with Gasteiger partial charge in [0.05, 0.1) is 11.5 Å². The second-order valence-corrected chi connectivity index (χ2v) is 9.36. The molecule has 1 atom stereocenters. The molecule has 1 aliphatic heterocycles. The molecule has 7 nitrogen and oxygen atoms in total. The lowest BCUT2D eigenvalue weighted by Crippen LogP contribution is -2.38. The third kappa shape index (κ3) is 4.44. The van der Waals surface area contributed by atoms with Gasteiger partial charge in [0, 0.05) is 24.5 Å². The van der Waals surface area contributed by atoms with Gasteiger partial charge in [-0.25, -0.2) is 18.4 Å². The number of nitrogens with zero attached hydrogens (tertiary/aromatic N) is 3. The van der Waals surface area contributed by atoms with Crippen LogP contribution >= 0.6 is 0 Å². The number of hydrogen-bond acceptors (Lipinski definition) is 6. The number of carbonyl (C=O) groups excluding carboxylic acids is 1. The van der Waals surface area contributed by atoms with Crippen LogP contribution in [0.1, 0.15) is 33.7 Å². The molecule has 3 rings (SSSR count). The maximum atomic E-state index is 12.8. The number of sulfone groups is 1. The van der Waals surface area contributed by atoms with E-state index < -0.39 is 9.84 Å². The van der Waals surface area contributed by atoms with Crippen LogP contribution in [0.25, 0.3) is 0 Å². The predicted molar refractivity (Wildman–Crippen MR) is 105 cm³/mol. The number of aryl methyl sites for hydroxylation is 3. The first kappa shape index (κ1) is 19.3. The minimum Gasteiger partial charge on any atom is -0.336 e. The molecule has 1 aromatic heterocycles. The zero-order chi connectivity index (χ0) is 19.8. The van der Waals surface area contributed by atoms with Gasteiger partial charge in [0.1, 0.15) is 5.69 Å². The average Bonchev–Trinajstić information content (AvgIpc) is 2.96. The van der Waals surface area contributed by atoms with Crippen molar-refractivity contribution in [3.63, 3.8) is 0 Å². The number of amides is 1. The summed E-state index contributed by atoms with van der Waals surface area (Å²) >= 11 is 0. The predicted octanol–water partition coefficient (Wildman–Crippen LogP) is 2.40. The highest BCUT2D eigenvalue weighted by Gasteiger charge is 2.33. The molecule has 144 valence electrons. The fourth-order valence-electron chi connectivity index (χ4n) is 3.15. The van der Waals surface area contributed by atoms with Crippen molar-refractivity contribution in [3.05, 3.63) is 46.8 Å². The Labute approximate surface area is 159 Å². The van der Waals surface area contributed by atoms with Gasteiger partial charge in [-0.1, -0.05) is 12.1 Å². The number of nitrogens with one attached hydrogen (secondary N) is 1. The Hall–Kier alpha value is -2.48. The molecule has 0 saturated carbocycles. The van der Waals surface area contributed by atoms with Crippen LogP contribution in [0.15, 0.2) is 24.3 Å². The third-order valence-corrected chi connectivity index (χ3v) is 6.54. The van der Waals surface area contributed by atoms with E-state index in [4.69, 9.17) is 0 Å². The fraction of sp³-hybridized carbons (Fsp3) is 0.421. The normalized spacial score (nSPS) is 18.3. The smallest absolute Gasteiger partial charge is 0.272 e. The standard InChI is InChI=1S/C19H24N4O3S/c1-12-5-6-13(2)16(9-12)21-19-20-14(3)10-17(22-19)18(24)23(4)15-7-8-27(25,26)11-15/h5-6,9-10,15H,7-8,11H2,1-4H3,(H,20,21,22). The van der Waals surface area contributed by atoms with E-state index >= 15 is 0 Å². The molecule has 1 fully saturated rings. The minimum atomic E-state index is -3.06. The van der Waals surface area contributed by atoms with E-state index in [-0.39, 0.29) is 29.1 Å². The van der Waals surface area contributed by atoms with Crippen molar-refractivity contribution in [2.45, 2.75) is 33.2 Å². The van der Waals surface area contributed by atoms with Crippen LogP contribution < -0.4 is 5.32 Å². The highest BCUT2D eigenvalue weighted by atomic mass is 32.2. The Morgan fingerprint density at radius 3 is 2.59 bits per heavy atom. The first-order valence-electron chi connectivity index (χ1n) is 8.82. The molecule has 0 aliphatic carbocycles. The molecular formula is C19H24N4O3S. The summed E-state index contributed by atoms with van der Waals surface area (Å²) in [4.78, 5) is 23.1. The Bertz CT molecular complexity index is 988. The second-order valence-electron chi connectivity index (χ2n) is 7.13. The molecule has 1 aliphatic rings. The van der Waals surface area contributed by atoms with E-state index in [2.05, 4.69) is 15.3 Å². The summed E-state index contributed by atoms with van der Waals surface area (Å²) in [5.41, 5.74) is 3.95. The quantitative estimate of drug-likeness (QED) is 0.865. The van der Waals surface area contributed by atoms with Crippen LogP contribution in [0.2, 0.25) is 0 Å². The van der Waals surface area contributed by atoms with Gasteiger partial charge >= 0.3 is 0 Å². The van der Waals surface area contributed by atoms with E-state index in [1.54, 1.807) is 20.0 Å². The number of anilines is 2. The Kier molecular flexibility index (Phi) is 5.19. The summed E-state index contributed by atoms with van der Waals surface area (Å²) < 4.78 is 23.4. The van der Waals surface area contributed by atoms with Crippen molar-refractivity contribution in [1.29, 1.82) is 0 Å². The van der Waals surface area contributed by atoms with Crippen molar-refractivity contribution in [1.82, 2.24) is 14.9 Å². The van der Waals surface area contributed by atoms with E-state index in [1.807, 2.05) is 32.0 Å². The molecule has 1 saturated heterocycles. The fourth-order valence-corrected chi connectivity index (χ4v) is 4.93. The van der Waals surface area contributed by atoms with E-state index in [0.29, 0.717) is 18.1 Å². The molecule has 8 heteroatoms. The minimum absolute atomic E-state index is 0.00685. The molecular weight excluding hydrogens is 364 g/mol. The van der Waals surface area contributed by atoms with Crippen molar-refractivity contribution in [2.24, 2.45) is 0 Å². The number of hydrogen-bond donors (Lipinski definition) is 1. The van der Waals surface area contributed by atoms with Crippen molar-refractivity contribution < 1.29 is 13.2 Å². The van der Waals surface area contributed by atoms with Gasteiger partial charge in [-0.15, -0.1) is 0 Å². The molecule has 1 unspecified atom stereocenters. The lowest BCUT2D eigenvalue weighted by atomic mass is 10.1. The maximum absolute atomic E-state index is 12.8. The van der Waals surface area contributed by atoms with Gasteiger partial charge in [-0.2, -0.15) is 0 Å². The summed E-state index contributed by atoms with van der Waals surface area (Å²) in [5.74, 6) is 0.177. The number of carbonyl (C=O) groups is 1. The highest BCUT2D eigenvalue weighted by Crippen LogP contribution is 2.22. The molecule has 1 amide bonds. The molecule has 1 aromatic carbocycles. The van der Waals surface area contributed by atoms with E-state index in [0.717, 1.165) is 16.8 Å². The summed E-state index contributed by atoms with van der Waals surface area (Å²) in [6.45, 7) is 5.78. The summed E-state index contributed by atoms with van der Waals surface area (Å²) in [7, 11) is -1.43. The second kappa shape index (κ2) is 7.26. The molecule has 2 aromatic rings. The molecule has 0 radical (unpaired) electrons. The van der Waals surface area contributed by atoms with Crippen LogP contribution in [0.3, 0.4) is 0 Å². The maximum Gasteiger partial charge on any atom is 0.272 e. The molecule has 0 bridgehead atoms. The first-order chi connectivity index (χ1) is 12.6. The zero-order valence-electron chi connectivity index (χ0n) is 16.0. The van der Waals surface area contributed by atoms with Crippen LogP contribution in [-0.2, 0) is 9.84 Å².